The molecule has 0 saturated heterocycles. The molecule has 24 heavy (non-hydrogen) atoms. The number of rotatable bonds is 5. The summed E-state index contributed by atoms with van der Waals surface area (Å²) >= 11 is 3.38. The second-order valence-corrected chi connectivity index (χ2v) is 6.27. The largest absolute Gasteiger partial charge is 0.348 e. The summed E-state index contributed by atoms with van der Waals surface area (Å²) in [6, 6.07) is 17.3. The van der Waals surface area contributed by atoms with Crippen molar-refractivity contribution in [3.05, 3.63) is 64.6 Å². The van der Waals surface area contributed by atoms with Crippen molar-refractivity contribution in [3.8, 4) is 11.4 Å². The van der Waals surface area contributed by atoms with Crippen LogP contribution in [0.2, 0.25) is 0 Å². The molecule has 1 N–H and O–H groups in total. The standard InChI is InChI=1S/C17H16BrN5O/c1-12(13-5-3-2-4-6-13)19-16(24)11-23-21-17(20-22-23)14-7-9-15(18)10-8-14/h2-10,12H,11H2,1H3,(H,19,24). The molecule has 0 fully saturated rings. The van der Waals surface area contributed by atoms with Crippen LogP contribution in [-0.4, -0.2) is 26.1 Å². The van der Waals surface area contributed by atoms with E-state index in [4.69, 9.17) is 0 Å². The van der Waals surface area contributed by atoms with Crippen LogP contribution < -0.4 is 5.32 Å². The number of halogens is 1. The predicted molar refractivity (Wildman–Crippen MR) is 94.0 cm³/mol. The van der Waals surface area contributed by atoms with Gasteiger partial charge in [0.25, 0.3) is 0 Å². The SMILES string of the molecule is CC(NC(=O)Cn1nnc(-c2ccc(Br)cc2)n1)c1ccccc1. The molecule has 0 radical (unpaired) electrons. The average molecular weight is 386 g/mol. The molecule has 0 aliphatic heterocycles. The van der Waals surface area contributed by atoms with Gasteiger partial charge >= 0.3 is 0 Å². The minimum absolute atomic E-state index is 0.0285. The average Bonchev–Trinajstić information content (AvgIpc) is 3.04. The summed E-state index contributed by atoms with van der Waals surface area (Å²) in [5.74, 6) is 0.331. The molecule has 3 aromatic rings. The maximum Gasteiger partial charge on any atom is 0.244 e. The first-order chi connectivity index (χ1) is 11.6. The first-order valence-corrected chi connectivity index (χ1v) is 8.29. The summed E-state index contributed by atoms with van der Waals surface area (Å²) in [6.07, 6.45) is 0. The Morgan fingerprint density at radius 3 is 2.58 bits per heavy atom. The summed E-state index contributed by atoms with van der Waals surface area (Å²) < 4.78 is 0.980. The monoisotopic (exact) mass is 385 g/mol. The predicted octanol–water partition coefficient (Wildman–Crippen LogP) is 2.98. The van der Waals surface area contributed by atoms with E-state index in [-0.39, 0.29) is 18.5 Å². The highest BCUT2D eigenvalue weighted by atomic mass is 79.9. The van der Waals surface area contributed by atoms with Crippen LogP contribution in [0.15, 0.2) is 59.1 Å². The highest BCUT2D eigenvalue weighted by Crippen LogP contribution is 2.17. The third-order valence-electron chi connectivity index (χ3n) is 3.52. The molecular weight excluding hydrogens is 370 g/mol. The number of hydrogen-bond donors (Lipinski definition) is 1. The first kappa shape index (κ1) is 16.3. The number of carbonyl (C=O) groups is 1. The van der Waals surface area contributed by atoms with Crippen molar-refractivity contribution in [1.29, 1.82) is 0 Å². The zero-order valence-electron chi connectivity index (χ0n) is 13.1. The Hall–Kier alpha value is -2.54. The lowest BCUT2D eigenvalue weighted by Crippen LogP contribution is -2.30. The fourth-order valence-corrected chi connectivity index (χ4v) is 2.53. The zero-order valence-corrected chi connectivity index (χ0v) is 14.6. The fraction of sp³-hybridized carbons (Fsp3) is 0.176. The summed E-state index contributed by atoms with van der Waals surface area (Å²) in [7, 11) is 0. The van der Waals surface area contributed by atoms with E-state index in [0.29, 0.717) is 5.82 Å². The Kier molecular flexibility index (Phi) is 5.00. The summed E-state index contributed by atoms with van der Waals surface area (Å²) in [4.78, 5) is 13.4. The van der Waals surface area contributed by atoms with Gasteiger partial charge in [0, 0.05) is 10.0 Å². The molecule has 3 rings (SSSR count). The molecule has 2 aromatic carbocycles. The van der Waals surface area contributed by atoms with Crippen LogP contribution in [0.5, 0.6) is 0 Å². The normalized spacial score (nSPS) is 11.9. The van der Waals surface area contributed by atoms with Gasteiger partial charge in [0.2, 0.25) is 11.7 Å². The first-order valence-electron chi connectivity index (χ1n) is 7.50. The second-order valence-electron chi connectivity index (χ2n) is 5.35. The van der Waals surface area contributed by atoms with E-state index < -0.39 is 0 Å². The van der Waals surface area contributed by atoms with Gasteiger partial charge in [0.15, 0.2) is 0 Å². The molecule has 0 saturated carbocycles. The number of benzene rings is 2. The number of tetrazole rings is 1. The molecule has 1 atom stereocenters. The number of nitrogens with one attached hydrogen (secondary N) is 1. The molecule has 1 unspecified atom stereocenters. The number of amides is 1. The quantitative estimate of drug-likeness (QED) is 0.732. The van der Waals surface area contributed by atoms with Crippen molar-refractivity contribution in [2.75, 3.05) is 0 Å². The minimum Gasteiger partial charge on any atom is -0.348 e. The Balaban J connectivity index is 1.62. The second kappa shape index (κ2) is 7.35. The van der Waals surface area contributed by atoms with Crippen molar-refractivity contribution in [1.82, 2.24) is 25.5 Å². The van der Waals surface area contributed by atoms with Crippen LogP contribution in [-0.2, 0) is 11.3 Å². The fourth-order valence-electron chi connectivity index (χ4n) is 2.27. The Labute approximate surface area is 148 Å². The Morgan fingerprint density at radius 2 is 1.88 bits per heavy atom. The summed E-state index contributed by atoms with van der Waals surface area (Å²) in [5, 5.41) is 15.1. The van der Waals surface area contributed by atoms with E-state index in [1.165, 1.54) is 4.80 Å². The molecule has 0 bridgehead atoms. The van der Waals surface area contributed by atoms with E-state index in [1.807, 2.05) is 61.5 Å². The zero-order chi connectivity index (χ0) is 16.9. The lowest BCUT2D eigenvalue weighted by Gasteiger charge is -2.13. The Morgan fingerprint density at radius 1 is 1.17 bits per heavy atom. The van der Waals surface area contributed by atoms with Gasteiger partial charge in [-0.2, -0.15) is 4.80 Å². The van der Waals surface area contributed by atoms with Crippen LogP contribution in [0, 0.1) is 0 Å². The molecule has 122 valence electrons. The highest BCUT2D eigenvalue weighted by molar-refractivity contribution is 9.10. The molecule has 0 aliphatic carbocycles. The van der Waals surface area contributed by atoms with Gasteiger partial charge in [-0.1, -0.05) is 46.3 Å². The molecule has 0 aliphatic rings. The maximum absolute atomic E-state index is 12.1. The van der Waals surface area contributed by atoms with Gasteiger partial charge in [-0.3, -0.25) is 4.79 Å². The van der Waals surface area contributed by atoms with Crippen LogP contribution in [0.4, 0.5) is 0 Å². The summed E-state index contributed by atoms with van der Waals surface area (Å²) in [6.45, 7) is 1.97. The topological polar surface area (TPSA) is 72.7 Å². The number of aromatic nitrogens is 4. The molecular formula is C17H16BrN5O. The smallest absolute Gasteiger partial charge is 0.244 e. The van der Waals surface area contributed by atoms with E-state index in [0.717, 1.165) is 15.6 Å². The van der Waals surface area contributed by atoms with E-state index >= 15 is 0 Å². The number of carbonyl (C=O) groups excluding carboxylic acids is 1. The van der Waals surface area contributed by atoms with Gasteiger partial charge in [0.1, 0.15) is 6.54 Å². The van der Waals surface area contributed by atoms with Crippen molar-refractivity contribution < 1.29 is 4.79 Å². The van der Waals surface area contributed by atoms with Crippen molar-refractivity contribution in [2.45, 2.75) is 19.5 Å². The lowest BCUT2D eigenvalue weighted by atomic mass is 10.1. The van der Waals surface area contributed by atoms with Crippen LogP contribution in [0.3, 0.4) is 0 Å². The number of nitrogens with zero attached hydrogens (tertiary/aromatic N) is 4. The molecule has 0 spiro atoms. The van der Waals surface area contributed by atoms with Crippen molar-refractivity contribution >= 4 is 21.8 Å². The molecule has 1 aromatic heterocycles. The van der Waals surface area contributed by atoms with Gasteiger partial charge in [-0.05, 0) is 42.0 Å². The minimum atomic E-state index is -0.161. The van der Waals surface area contributed by atoms with E-state index in [2.05, 4.69) is 36.7 Å². The third-order valence-corrected chi connectivity index (χ3v) is 4.05. The third kappa shape index (κ3) is 4.05. The van der Waals surface area contributed by atoms with Crippen molar-refractivity contribution in [3.63, 3.8) is 0 Å². The van der Waals surface area contributed by atoms with E-state index in [1.54, 1.807) is 0 Å². The van der Waals surface area contributed by atoms with Crippen LogP contribution >= 0.6 is 15.9 Å². The van der Waals surface area contributed by atoms with Crippen LogP contribution in [0.25, 0.3) is 11.4 Å². The summed E-state index contributed by atoms with van der Waals surface area (Å²) in [5.41, 5.74) is 1.90. The molecule has 1 heterocycles. The lowest BCUT2D eigenvalue weighted by molar-refractivity contribution is -0.122. The maximum atomic E-state index is 12.1. The highest BCUT2D eigenvalue weighted by Gasteiger charge is 2.12. The van der Waals surface area contributed by atoms with Crippen LogP contribution in [0.1, 0.15) is 18.5 Å². The van der Waals surface area contributed by atoms with Gasteiger partial charge < -0.3 is 5.32 Å². The van der Waals surface area contributed by atoms with Gasteiger partial charge in [-0.25, -0.2) is 0 Å². The van der Waals surface area contributed by atoms with Crippen molar-refractivity contribution in [2.24, 2.45) is 0 Å². The van der Waals surface area contributed by atoms with Gasteiger partial charge in [0.05, 0.1) is 6.04 Å². The van der Waals surface area contributed by atoms with Gasteiger partial charge in [-0.15, -0.1) is 10.2 Å². The van der Waals surface area contributed by atoms with E-state index in [9.17, 15) is 4.79 Å². The molecule has 7 heteroatoms. The molecule has 1 amide bonds. The number of hydrogen-bond acceptors (Lipinski definition) is 4. The Bertz CT molecular complexity index is 817. The molecule has 6 nitrogen and oxygen atoms in total.